The summed E-state index contributed by atoms with van der Waals surface area (Å²) in [4.78, 5) is 19.6. The number of esters is 1. The van der Waals surface area contributed by atoms with Crippen LogP contribution in [-0.4, -0.2) is 29.1 Å². The molecule has 0 amide bonds. The third kappa shape index (κ3) is 2.97. The summed E-state index contributed by atoms with van der Waals surface area (Å²) in [5.74, 6) is 0.979. The lowest BCUT2D eigenvalue weighted by atomic mass is 9.87. The van der Waals surface area contributed by atoms with Crippen LogP contribution in [0.3, 0.4) is 0 Å². The first-order valence-electron chi connectivity index (χ1n) is 6.35. The van der Waals surface area contributed by atoms with Gasteiger partial charge in [0.25, 0.3) is 0 Å². The highest BCUT2D eigenvalue weighted by Crippen LogP contribution is 2.26. The molecule has 1 saturated carbocycles. The topological polar surface area (TPSA) is 64.1 Å². The number of hydrogen-bond acceptors (Lipinski definition) is 5. The first-order chi connectivity index (χ1) is 8.70. The van der Waals surface area contributed by atoms with Crippen molar-refractivity contribution in [2.75, 3.05) is 12.4 Å². The molecule has 0 bridgehead atoms. The van der Waals surface area contributed by atoms with Crippen molar-refractivity contribution in [1.29, 1.82) is 0 Å². The van der Waals surface area contributed by atoms with E-state index in [1.807, 2.05) is 0 Å². The van der Waals surface area contributed by atoms with Gasteiger partial charge in [-0.15, -0.1) is 0 Å². The van der Waals surface area contributed by atoms with Gasteiger partial charge in [-0.3, -0.25) is 0 Å². The minimum atomic E-state index is -0.401. The largest absolute Gasteiger partial charge is 0.465 e. The van der Waals surface area contributed by atoms with Gasteiger partial charge in [0.2, 0.25) is 0 Å². The fourth-order valence-electron chi connectivity index (χ4n) is 2.30. The summed E-state index contributed by atoms with van der Waals surface area (Å²) >= 11 is 0. The van der Waals surface area contributed by atoms with E-state index in [9.17, 15) is 4.79 Å². The number of carbonyl (C=O) groups is 1. The Morgan fingerprint density at radius 3 is 2.78 bits per heavy atom. The van der Waals surface area contributed by atoms with Crippen molar-refractivity contribution in [2.24, 2.45) is 5.92 Å². The maximum Gasteiger partial charge on any atom is 0.343 e. The van der Waals surface area contributed by atoms with Gasteiger partial charge in [0, 0.05) is 12.2 Å². The molecule has 0 unspecified atom stereocenters. The fraction of sp³-hybridized carbons (Fsp3) is 0.615. The quantitative estimate of drug-likeness (QED) is 0.832. The van der Waals surface area contributed by atoms with Gasteiger partial charge in [-0.2, -0.15) is 0 Å². The zero-order valence-electron chi connectivity index (χ0n) is 10.8. The molecule has 0 radical (unpaired) electrons. The number of hydrogen-bond donors (Lipinski definition) is 1. The fourth-order valence-corrected chi connectivity index (χ4v) is 2.30. The van der Waals surface area contributed by atoms with Gasteiger partial charge in [-0.25, -0.2) is 14.8 Å². The van der Waals surface area contributed by atoms with E-state index in [0.29, 0.717) is 17.4 Å². The second-order valence-corrected chi connectivity index (χ2v) is 4.88. The molecule has 1 fully saturated rings. The summed E-state index contributed by atoms with van der Waals surface area (Å²) in [5, 5.41) is 3.33. The predicted octanol–water partition coefficient (Wildman–Crippen LogP) is 2.25. The van der Waals surface area contributed by atoms with Crippen molar-refractivity contribution >= 4 is 11.8 Å². The third-order valence-corrected chi connectivity index (χ3v) is 3.47. The van der Waals surface area contributed by atoms with E-state index < -0.39 is 5.97 Å². The van der Waals surface area contributed by atoms with E-state index >= 15 is 0 Å². The lowest BCUT2D eigenvalue weighted by Crippen LogP contribution is -2.26. The Morgan fingerprint density at radius 2 is 2.11 bits per heavy atom. The number of methoxy groups -OCH3 is 1. The molecule has 1 aromatic rings. The van der Waals surface area contributed by atoms with Gasteiger partial charge in [-0.05, 0) is 31.6 Å². The van der Waals surface area contributed by atoms with Crippen LogP contribution in [0.5, 0.6) is 0 Å². The van der Waals surface area contributed by atoms with Crippen LogP contribution in [0.1, 0.15) is 43.0 Å². The summed E-state index contributed by atoms with van der Waals surface area (Å²) in [5.41, 5.74) is 0.402. The summed E-state index contributed by atoms with van der Waals surface area (Å²) in [6.45, 7) is 2.28. The second kappa shape index (κ2) is 5.80. The molecule has 0 aromatic carbocycles. The number of anilines is 1. The Hall–Kier alpha value is -1.65. The standard InChI is InChI=1S/C13H19N3O2/c1-9-3-5-10(6-4-9)16-12-11(13(17)18-2)7-14-8-15-12/h7-10H,3-6H2,1-2H3,(H,14,15,16). The first kappa shape index (κ1) is 12.8. The Morgan fingerprint density at radius 1 is 1.39 bits per heavy atom. The molecular formula is C13H19N3O2. The first-order valence-corrected chi connectivity index (χ1v) is 6.35. The number of aromatic nitrogens is 2. The molecular weight excluding hydrogens is 230 g/mol. The van der Waals surface area contributed by atoms with Crippen LogP contribution < -0.4 is 5.32 Å². The van der Waals surface area contributed by atoms with Crippen LogP contribution in [-0.2, 0) is 4.74 Å². The Balaban J connectivity index is 2.07. The minimum absolute atomic E-state index is 0.388. The van der Waals surface area contributed by atoms with Crippen LogP contribution in [0, 0.1) is 5.92 Å². The maximum atomic E-state index is 11.6. The van der Waals surface area contributed by atoms with E-state index in [1.165, 1.54) is 32.5 Å². The van der Waals surface area contributed by atoms with Crippen LogP contribution in [0.25, 0.3) is 0 Å². The van der Waals surface area contributed by atoms with Crippen molar-refractivity contribution in [1.82, 2.24) is 9.97 Å². The third-order valence-electron chi connectivity index (χ3n) is 3.47. The Kier molecular flexibility index (Phi) is 4.12. The lowest BCUT2D eigenvalue weighted by Gasteiger charge is -2.27. The summed E-state index contributed by atoms with van der Waals surface area (Å²) in [7, 11) is 1.36. The van der Waals surface area contributed by atoms with Crippen LogP contribution in [0.4, 0.5) is 5.82 Å². The second-order valence-electron chi connectivity index (χ2n) is 4.88. The van der Waals surface area contributed by atoms with Gasteiger partial charge >= 0.3 is 5.97 Å². The Bertz CT molecular complexity index is 414. The van der Waals surface area contributed by atoms with Crippen molar-refractivity contribution in [3.8, 4) is 0 Å². The highest BCUT2D eigenvalue weighted by molar-refractivity contribution is 5.94. The molecule has 1 heterocycles. The predicted molar refractivity (Wildman–Crippen MR) is 68.4 cm³/mol. The van der Waals surface area contributed by atoms with Gasteiger partial charge < -0.3 is 10.1 Å². The summed E-state index contributed by atoms with van der Waals surface area (Å²) in [6, 6.07) is 0.388. The maximum absolute atomic E-state index is 11.6. The minimum Gasteiger partial charge on any atom is -0.465 e. The van der Waals surface area contributed by atoms with E-state index in [0.717, 1.165) is 18.8 Å². The van der Waals surface area contributed by atoms with Crippen LogP contribution in [0.15, 0.2) is 12.5 Å². The molecule has 0 atom stereocenters. The van der Waals surface area contributed by atoms with Gasteiger partial charge in [0.1, 0.15) is 17.7 Å². The number of nitrogens with one attached hydrogen (secondary N) is 1. The van der Waals surface area contributed by atoms with Crippen molar-refractivity contribution in [2.45, 2.75) is 38.6 Å². The van der Waals surface area contributed by atoms with E-state index in [-0.39, 0.29) is 0 Å². The van der Waals surface area contributed by atoms with Gasteiger partial charge in [0.15, 0.2) is 0 Å². The zero-order valence-corrected chi connectivity index (χ0v) is 10.8. The van der Waals surface area contributed by atoms with Gasteiger partial charge in [-0.1, -0.05) is 6.92 Å². The molecule has 1 aliphatic rings. The summed E-state index contributed by atoms with van der Waals surface area (Å²) < 4.78 is 4.72. The number of nitrogens with zero attached hydrogens (tertiary/aromatic N) is 2. The average Bonchev–Trinajstić information content (AvgIpc) is 2.41. The molecule has 1 aliphatic carbocycles. The molecule has 98 valence electrons. The van der Waals surface area contributed by atoms with Crippen molar-refractivity contribution in [3.63, 3.8) is 0 Å². The van der Waals surface area contributed by atoms with Crippen LogP contribution >= 0.6 is 0 Å². The van der Waals surface area contributed by atoms with Crippen LogP contribution in [0.2, 0.25) is 0 Å². The summed E-state index contributed by atoms with van der Waals surface area (Å²) in [6.07, 6.45) is 7.61. The van der Waals surface area contributed by atoms with Gasteiger partial charge in [0.05, 0.1) is 7.11 Å². The van der Waals surface area contributed by atoms with Crippen molar-refractivity contribution < 1.29 is 9.53 Å². The Labute approximate surface area is 107 Å². The molecule has 2 rings (SSSR count). The molecule has 1 aromatic heterocycles. The molecule has 0 spiro atoms. The highest BCUT2D eigenvalue weighted by Gasteiger charge is 2.21. The zero-order chi connectivity index (χ0) is 13.0. The van der Waals surface area contributed by atoms with E-state index in [2.05, 4.69) is 22.2 Å². The van der Waals surface area contributed by atoms with E-state index in [1.54, 1.807) is 0 Å². The lowest BCUT2D eigenvalue weighted by molar-refractivity contribution is 0.0601. The molecule has 5 nitrogen and oxygen atoms in total. The smallest absolute Gasteiger partial charge is 0.343 e. The molecule has 0 saturated heterocycles. The molecule has 1 N–H and O–H groups in total. The normalized spacial score (nSPS) is 23.4. The molecule has 18 heavy (non-hydrogen) atoms. The SMILES string of the molecule is COC(=O)c1cncnc1NC1CCC(C)CC1. The molecule has 0 aliphatic heterocycles. The number of ether oxygens (including phenoxy) is 1. The molecule has 5 heteroatoms. The monoisotopic (exact) mass is 249 g/mol. The van der Waals surface area contributed by atoms with E-state index in [4.69, 9.17) is 4.74 Å². The van der Waals surface area contributed by atoms with Crippen molar-refractivity contribution in [3.05, 3.63) is 18.1 Å². The average molecular weight is 249 g/mol. The highest BCUT2D eigenvalue weighted by atomic mass is 16.5. The number of carbonyl (C=O) groups excluding carboxylic acids is 1. The number of rotatable bonds is 3.